The van der Waals surface area contributed by atoms with Crippen LogP contribution in [0.3, 0.4) is 0 Å². The van der Waals surface area contributed by atoms with Crippen molar-refractivity contribution in [2.45, 2.75) is 39.0 Å². The quantitative estimate of drug-likeness (QED) is 0.757. The molecule has 7 nitrogen and oxygen atoms in total. The highest BCUT2D eigenvalue weighted by molar-refractivity contribution is 9.10. The highest BCUT2D eigenvalue weighted by atomic mass is 79.9. The summed E-state index contributed by atoms with van der Waals surface area (Å²) in [5.74, 6) is 0.303. The van der Waals surface area contributed by atoms with Gasteiger partial charge in [-0.15, -0.1) is 0 Å². The highest BCUT2D eigenvalue weighted by Gasteiger charge is 2.24. The number of carbonyl (C=O) groups excluding carboxylic acids is 2. The number of piperidine rings is 1. The third-order valence-corrected chi connectivity index (χ3v) is 4.96. The Kier molecular flexibility index (Phi) is 6.49. The van der Waals surface area contributed by atoms with E-state index in [1.54, 1.807) is 19.2 Å². The van der Waals surface area contributed by atoms with Gasteiger partial charge in [-0.3, -0.25) is 9.59 Å². The number of hydrogen-bond acceptors (Lipinski definition) is 4. The van der Waals surface area contributed by atoms with Crippen molar-refractivity contribution < 1.29 is 14.3 Å². The summed E-state index contributed by atoms with van der Waals surface area (Å²) in [6.07, 6.45) is 4.87. The molecule has 2 aromatic rings. The first kappa shape index (κ1) is 19.4. The molecule has 0 radical (unpaired) electrons. The molecule has 8 heteroatoms. The van der Waals surface area contributed by atoms with Crippen molar-refractivity contribution in [2.75, 3.05) is 13.1 Å². The van der Waals surface area contributed by atoms with Crippen molar-refractivity contribution in [1.29, 1.82) is 0 Å². The van der Waals surface area contributed by atoms with Gasteiger partial charge in [0.2, 0.25) is 5.91 Å². The number of nitrogens with zero attached hydrogens (tertiary/aromatic N) is 3. The van der Waals surface area contributed by atoms with Crippen LogP contribution in [0.5, 0.6) is 5.75 Å². The molecule has 27 heavy (non-hydrogen) atoms. The van der Waals surface area contributed by atoms with Crippen LogP contribution in [0.25, 0.3) is 0 Å². The lowest BCUT2D eigenvalue weighted by molar-refractivity contribution is -0.133. The van der Waals surface area contributed by atoms with Crippen molar-refractivity contribution in [1.82, 2.24) is 20.0 Å². The van der Waals surface area contributed by atoms with Crippen molar-refractivity contribution in [2.24, 2.45) is 0 Å². The van der Waals surface area contributed by atoms with E-state index in [1.807, 2.05) is 29.2 Å². The van der Waals surface area contributed by atoms with Crippen LogP contribution in [0.2, 0.25) is 0 Å². The molecule has 1 aliphatic rings. The van der Waals surface area contributed by atoms with E-state index in [9.17, 15) is 9.59 Å². The number of aromatic nitrogens is 2. The van der Waals surface area contributed by atoms with E-state index < -0.39 is 6.04 Å². The third-order valence-electron chi connectivity index (χ3n) is 4.44. The van der Waals surface area contributed by atoms with Crippen LogP contribution >= 0.6 is 15.9 Å². The Morgan fingerprint density at radius 3 is 2.59 bits per heavy atom. The average Bonchev–Trinajstić information content (AvgIpc) is 3.17. The molecule has 1 aliphatic heterocycles. The minimum Gasteiger partial charge on any atom is -0.471 e. The topological polar surface area (TPSA) is 76.5 Å². The van der Waals surface area contributed by atoms with E-state index in [-0.39, 0.29) is 24.2 Å². The van der Waals surface area contributed by atoms with Gasteiger partial charge in [0.15, 0.2) is 6.73 Å². The van der Waals surface area contributed by atoms with Gasteiger partial charge in [0.05, 0.1) is 0 Å². The Labute approximate surface area is 166 Å². The third kappa shape index (κ3) is 5.32. The summed E-state index contributed by atoms with van der Waals surface area (Å²) in [5.41, 5.74) is 0.257. The first-order valence-electron chi connectivity index (χ1n) is 9.04. The maximum atomic E-state index is 12.4. The lowest BCUT2D eigenvalue weighted by Crippen LogP contribution is -2.48. The monoisotopic (exact) mass is 434 g/mol. The fourth-order valence-corrected chi connectivity index (χ4v) is 3.21. The molecule has 0 aliphatic carbocycles. The standard InChI is InChI=1S/C19H23BrN4O3/c1-14(19(26)23-10-3-2-4-11-23)21-18(25)17-9-12-24(22-17)13-27-16-7-5-15(20)6-8-16/h5-9,12,14H,2-4,10-11,13H2,1H3,(H,21,25). The van der Waals surface area contributed by atoms with Gasteiger partial charge in [-0.1, -0.05) is 15.9 Å². The van der Waals surface area contributed by atoms with E-state index in [2.05, 4.69) is 26.3 Å². The van der Waals surface area contributed by atoms with Crippen molar-refractivity contribution in [3.8, 4) is 5.75 Å². The highest BCUT2D eigenvalue weighted by Crippen LogP contribution is 2.16. The molecule has 1 aromatic carbocycles. The van der Waals surface area contributed by atoms with Crippen LogP contribution in [-0.2, 0) is 11.5 Å². The second kappa shape index (κ2) is 9.03. The number of likely N-dealkylation sites (tertiary alicyclic amines) is 1. The number of benzene rings is 1. The van der Waals surface area contributed by atoms with Crippen LogP contribution in [0.1, 0.15) is 36.7 Å². The fourth-order valence-electron chi connectivity index (χ4n) is 2.95. The zero-order valence-corrected chi connectivity index (χ0v) is 16.8. The molecule has 3 rings (SSSR count). The van der Waals surface area contributed by atoms with Gasteiger partial charge < -0.3 is 15.0 Å². The molecule has 1 atom stereocenters. The van der Waals surface area contributed by atoms with Crippen molar-refractivity contribution in [3.63, 3.8) is 0 Å². The zero-order valence-electron chi connectivity index (χ0n) is 15.2. The number of nitrogens with one attached hydrogen (secondary N) is 1. The van der Waals surface area contributed by atoms with E-state index in [0.717, 1.165) is 36.8 Å². The van der Waals surface area contributed by atoms with Gasteiger partial charge in [0.25, 0.3) is 5.91 Å². The average molecular weight is 435 g/mol. The number of halogens is 1. The van der Waals surface area contributed by atoms with Crippen LogP contribution in [-0.4, -0.2) is 45.6 Å². The number of carbonyl (C=O) groups is 2. The minimum atomic E-state index is -0.570. The molecule has 144 valence electrons. The van der Waals surface area contributed by atoms with Crippen LogP contribution < -0.4 is 10.1 Å². The lowest BCUT2D eigenvalue weighted by Gasteiger charge is -2.29. The van der Waals surface area contributed by atoms with E-state index in [4.69, 9.17) is 4.74 Å². The van der Waals surface area contributed by atoms with Crippen LogP contribution in [0, 0.1) is 0 Å². The Morgan fingerprint density at radius 1 is 1.19 bits per heavy atom. The Bertz CT molecular complexity index is 785. The largest absolute Gasteiger partial charge is 0.471 e. The molecule has 1 unspecified atom stereocenters. The van der Waals surface area contributed by atoms with Crippen LogP contribution in [0.4, 0.5) is 0 Å². The summed E-state index contributed by atoms with van der Waals surface area (Å²) in [7, 11) is 0. The van der Waals surface area contributed by atoms with Gasteiger partial charge in [0, 0.05) is 23.8 Å². The molecule has 1 fully saturated rings. The molecule has 0 saturated carbocycles. The summed E-state index contributed by atoms with van der Waals surface area (Å²) in [4.78, 5) is 26.6. The van der Waals surface area contributed by atoms with Gasteiger partial charge in [-0.05, 0) is 56.5 Å². The number of amides is 2. The van der Waals surface area contributed by atoms with Crippen molar-refractivity contribution >= 4 is 27.7 Å². The smallest absolute Gasteiger partial charge is 0.272 e. The molecular weight excluding hydrogens is 412 g/mol. The SMILES string of the molecule is CC(NC(=O)c1ccn(COc2ccc(Br)cc2)n1)C(=O)N1CCCCC1. The second-order valence-corrected chi connectivity index (χ2v) is 7.46. The van der Waals surface area contributed by atoms with E-state index >= 15 is 0 Å². The van der Waals surface area contributed by atoms with Crippen molar-refractivity contribution in [3.05, 3.63) is 46.7 Å². The van der Waals surface area contributed by atoms with Gasteiger partial charge in [-0.25, -0.2) is 4.68 Å². The molecular formula is C19H23BrN4O3. The zero-order chi connectivity index (χ0) is 19.2. The fraction of sp³-hybridized carbons (Fsp3) is 0.421. The maximum Gasteiger partial charge on any atom is 0.272 e. The Balaban J connectivity index is 1.51. The summed E-state index contributed by atoms with van der Waals surface area (Å²) >= 11 is 3.37. The predicted molar refractivity (Wildman–Crippen MR) is 104 cm³/mol. The molecule has 1 aromatic heterocycles. The Morgan fingerprint density at radius 2 is 1.89 bits per heavy atom. The summed E-state index contributed by atoms with van der Waals surface area (Å²) in [6.45, 7) is 3.43. The summed E-state index contributed by atoms with van der Waals surface area (Å²) in [5, 5.41) is 6.95. The molecule has 1 saturated heterocycles. The molecule has 2 heterocycles. The van der Waals surface area contributed by atoms with Gasteiger partial charge in [0.1, 0.15) is 17.5 Å². The number of rotatable bonds is 6. The summed E-state index contributed by atoms with van der Waals surface area (Å²) < 4.78 is 8.13. The molecule has 0 spiro atoms. The van der Waals surface area contributed by atoms with E-state index in [0.29, 0.717) is 5.75 Å². The van der Waals surface area contributed by atoms with Gasteiger partial charge >= 0.3 is 0 Å². The molecule has 1 N–H and O–H groups in total. The molecule has 2 amide bonds. The van der Waals surface area contributed by atoms with E-state index in [1.165, 1.54) is 4.68 Å². The predicted octanol–water partition coefficient (Wildman–Crippen LogP) is 2.81. The first-order chi connectivity index (χ1) is 13.0. The molecule has 0 bridgehead atoms. The lowest BCUT2D eigenvalue weighted by atomic mass is 10.1. The normalized spacial score (nSPS) is 15.3. The minimum absolute atomic E-state index is 0.0407. The van der Waals surface area contributed by atoms with Crippen LogP contribution in [0.15, 0.2) is 41.0 Å². The van der Waals surface area contributed by atoms with Gasteiger partial charge in [-0.2, -0.15) is 5.10 Å². The first-order valence-corrected chi connectivity index (χ1v) is 9.84. The second-order valence-electron chi connectivity index (χ2n) is 6.55. The maximum absolute atomic E-state index is 12.4. The number of ether oxygens (including phenoxy) is 1. The summed E-state index contributed by atoms with van der Waals surface area (Å²) in [6, 6.07) is 8.50. The number of hydrogen-bond donors (Lipinski definition) is 1. The Hall–Kier alpha value is -2.35.